The SMILES string of the molecule is COc1cc(N2CCN(CC(=O)N3CCC(c4ccc(NC5CCC(=O)NC5=O)cc4)CC3)CC2)ccc1Nc1ncc(Cl)c(Nc2ccccc2C(C)=O)n1. The van der Waals surface area contributed by atoms with Gasteiger partial charge in [0.1, 0.15) is 16.8 Å². The van der Waals surface area contributed by atoms with Gasteiger partial charge in [-0.1, -0.05) is 35.9 Å². The number of Topliss-reactive ketones (excluding diaryl/α,β-unsaturated/α-hetero) is 1. The van der Waals surface area contributed by atoms with Crippen LogP contribution >= 0.6 is 11.6 Å². The molecule has 4 aromatic rings. The van der Waals surface area contributed by atoms with Gasteiger partial charge in [-0.3, -0.25) is 29.4 Å². The highest BCUT2D eigenvalue weighted by molar-refractivity contribution is 6.33. The lowest BCUT2D eigenvalue weighted by Gasteiger charge is -2.38. The molecule has 7 rings (SSSR count). The second-order valence-electron chi connectivity index (χ2n) is 14.3. The Kier molecular flexibility index (Phi) is 12.0. The molecule has 3 aliphatic heterocycles. The maximum Gasteiger partial charge on any atom is 0.249 e. The number of carbonyl (C=O) groups is 4. The predicted molar refractivity (Wildman–Crippen MR) is 216 cm³/mol. The Bertz CT molecular complexity index is 2080. The third-order valence-corrected chi connectivity index (χ3v) is 10.9. The van der Waals surface area contributed by atoms with E-state index in [2.05, 4.69) is 53.2 Å². The van der Waals surface area contributed by atoms with Gasteiger partial charge in [0.15, 0.2) is 11.6 Å². The molecule has 1 atom stereocenters. The van der Waals surface area contributed by atoms with E-state index in [1.807, 2.05) is 41.3 Å². The maximum absolute atomic E-state index is 13.3. The van der Waals surface area contributed by atoms with Gasteiger partial charge in [-0.25, -0.2) is 4.98 Å². The topological polar surface area (TPSA) is 161 Å². The van der Waals surface area contributed by atoms with E-state index in [-0.39, 0.29) is 23.5 Å². The van der Waals surface area contributed by atoms with Crippen molar-refractivity contribution in [3.63, 3.8) is 0 Å². The Hall–Kier alpha value is -5.73. The molecule has 15 heteroatoms. The second kappa shape index (κ2) is 17.4. The summed E-state index contributed by atoms with van der Waals surface area (Å²) in [5.74, 6) is 1.26. The standard InChI is InChI=1S/C41H46ClN9O5/c1-26(52)31-5-3-4-6-33(31)45-39-32(42)24-43-41(48-39)46-34-12-11-30(23-36(34)56-2)50-21-19-49(20-22-50)25-38(54)51-17-15-28(16-18-51)27-7-9-29(10-8-27)44-35-13-14-37(53)47-40(35)55/h3-12,23-24,28,35,44H,13-22,25H2,1-2H3,(H,47,53,55)(H2,43,45,46,48). The van der Waals surface area contributed by atoms with Crippen LogP contribution in [0.25, 0.3) is 0 Å². The third kappa shape index (κ3) is 9.20. The zero-order valence-electron chi connectivity index (χ0n) is 31.5. The first-order valence-corrected chi connectivity index (χ1v) is 19.3. The fourth-order valence-corrected chi connectivity index (χ4v) is 7.58. The van der Waals surface area contributed by atoms with Gasteiger partial charge in [0.2, 0.25) is 23.7 Å². The number of nitrogens with zero attached hydrogens (tertiary/aromatic N) is 5. The summed E-state index contributed by atoms with van der Waals surface area (Å²) >= 11 is 6.41. The highest BCUT2D eigenvalue weighted by Gasteiger charge is 2.28. The summed E-state index contributed by atoms with van der Waals surface area (Å²) in [6.45, 7) is 6.46. The Balaban J connectivity index is 0.875. The Morgan fingerprint density at radius 2 is 1.66 bits per heavy atom. The van der Waals surface area contributed by atoms with Crippen LogP contribution in [0.2, 0.25) is 5.02 Å². The van der Waals surface area contributed by atoms with E-state index in [0.29, 0.717) is 64.8 Å². The summed E-state index contributed by atoms with van der Waals surface area (Å²) in [6.07, 6.45) is 4.14. The molecule has 3 fully saturated rings. The number of hydrogen-bond acceptors (Lipinski definition) is 12. The predicted octanol–water partition coefficient (Wildman–Crippen LogP) is 5.57. The molecule has 0 radical (unpaired) electrons. The van der Waals surface area contributed by atoms with Gasteiger partial charge >= 0.3 is 0 Å². The molecular weight excluding hydrogens is 734 g/mol. The smallest absolute Gasteiger partial charge is 0.249 e. The fraction of sp³-hybridized carbons (Fsp3) is 0.366. The average molecular weight is 780 g/mol. The van der Waals surface area contributed by atoms with Crippen LogP contribution in [0, 0.1) is 0 Å². The van der Waals surface area contributed by atoms with Gasteiger partial charge in [0.25, 0.3) is 0 Å². The summed E-state index contributed by atoms with van der Waals surface area (Å²) < 4.78 is 5.75. The van der Waals surface area contributed by atoms with Crippen molar-refractivity contribution in [1.29, 1.82) is 0 Å². The molecule has 292 valence electrons. The monoisotopic (exact) mass is 779 g/mol. The number of ketones is 1. The number of anilines is 6. The first kappa shape index (κ1) is 38.5. The Morgan fingerprint density at radius 1 is 0.911 bits per heavy atom. The molecule has 3 saturated heterocycles. The third-order valence-electron chi connectivity index (χ3n) is 10.6. The van der Waals surface area contributed by atoms with Crippen molar-refractivity contribution in [2.75, 3.05) is 73.8 Å². The van der Waals surface area contributed by atoms with Crippen LogP contribution < -0.4 is 30.9 Å². The lowest BCUT2D eigenvalue weighted by Crippen LogP contribution is -2.51. The number of aromatic nitrogens is 2. The summed E-state index contributed by atoms with van der Waals surface area (Å²) in [5.41, 5.74) is 4.91. The van der Waals surface area contributed by atoms with Crippen molar-refractivity contribution < 1.29 is 23.9 Å². The minimum atomic E-state index is -0.407. The average Bonchev–Trinajstić information content (AvgIpc) is 3.21. The van der Waals surface area contributed by atoms with Crippen LogP contribution in [0.3, 0.4) is 0 Å². The van der Waals surface area contributed by atoms with Crippen LogP contribution in [0.1, 0.15) is 54.4 Å². The van der Waals surface area contributed by atoms with E-state index < -0.39 is 6.04 Å². The minimum absolute atomic E-state index is 0.0756. The van der Waals surface area contributed by atoms with E-state index in [4.69, 9.17) is 16.3 Å². The molecule has 3 amide bonds. The number of amides is 3. The van der Waals surface area contributed by atoms with Crippen LogP contribution in [-0.4, -0.2) is 102 Å². The number of para-hydroxylation sites is 1. The molecule has 0 spiro atoms. The number of imide groups is 1. The van der Waals surface area contributed by atoms with Crippen LogP contribution in [-0.2, 0) is 14.4 Å². The molecule has 3 aliphatic rings. The molecule has 4 N–H and O–H groups in total. The number of nitrogens with one attached hydrogen (secondary N) is 4. The lowest BCUT2D eigenvalue weighted by atomic mass is 9.89. The van der Waals surface area contributed by atoms with Gasteiger partial charge in [0, 0.05) is 68.7 Å². The number of rotatable bonds is 12. The number of benzene rings is 3. The highest BCUT2D eigenvalue weighted by atomic mass is 35.5. The van der Waals surface area contributed by atoms with Crippen molar-refractivity contribution in [3.05, 3.63) is 89.1 Å². The molecule has 56 heavy (non-hydrogen) atoms. The van der Waals surface area contributed by atoms with Crippen LogP contribution in [0.4, 0.5) is 34.5 Å². The van der Waals surface area contributed by atoms with Gasteiger partial charge < -0.3 is 30.5 Å². The second-order valence-corrected chi connectivity index (χ2v) is 14.7. The summed E-state index contributed by atoms with van der Waals surface area (Å²) in [7, 11) is 1.62. The van der Waals surface area contributed by atoms with Crippen LogP contribution in [0.15, 0.2) is 72.9 Å². The molecule has 1 aromatic heterocycles. The van der Waals surface area contributed by atoms with Crippen molar-refractivity contribution in [2.24, 2.45) is 0 Å². The number of likely N-dealkylation sites (tertiary alicyclic amines) is 1. The number of ether oxygens (including phenoxy) is 1. The molecule has 0 saturated carbocycles. The zero-order valence-corrected chi connectivity index (χ0v) is 32.3. The van der Waals surface area contributed by atoms with Crippen LogP contribution in [0.5, 0.6) is 5.75 Å². The quantitative estimate of drug-likeness (QED) is 0.105. The molecule has 1 unspecified atom stereocenters. The summed E-state index contributed by atoms with van der Waals surface area (Å²) in [4.78, 5) is 64.4. The van der Waals surface area contributed by atoms with Gasteiger partial charge in [0.05, 0.1) is 31.2 Å². The maximum atomic E-state index is 13.3. The fourth-order valence-electron chi connectivity index (χ4n) is 7.44. The van der Waals surface area contributed by atoms with Crippen molar-refractivity contribution in [2.45, 2.75) is 44.6 Å². The first-order valence-electron chi connectivity index (χ1n) is 18.9. The van der Waals surface area contributed by atoms with E-state index in [0.717, 1.165) is 63.5 Å². The number of methoxy groups -OCH3 is 1. The summed E-state index contributed by atoms with van der Waals surface area (Å²) in [6, 6.07) is 20.9. The Morgan fingerprint density at radius 3 is 2.38 bits per heavy atom. The minimum Gasteiger partial charge on any atom is -0.494 e. The normalized spacial score (nSPS) is 17.9. The molecule has 0 aliphatic carbocycles. The number of hydrogen-bond donors (Lipinski definition) is 4. The van der Waals surface area contributed by atoms with E-state index in [1.54, 1.807) is 25.3 Å². The summed E-state index contributed by atoms with van der Waals surface area (Å²) in [5, 5.41) is 12.3. The van der Waals surface area contributed by atoms with Crippen molar-refractivity contribution >= 4 is 69.6 Å². The number of piperazine rings is 1. The largest absolute Gasteiger partial charge is 0.494 e. The highest BCUT2D eigenvalue weighted by Crippen LogP contribution is 2.34. The van der Waals surface area contributed by atoms with Gasteiger partial charge in [-0.2, -0.15) is 4.98 Å². The van der Waals surface area contributed by atoms with Crippen molar-refractivity contribution in [3.8, 4) is 5.75 Å². The Labute approximate surface area is 331 Å². The lowest BCUT2D eigenvalue weighted by molar-refractivity contribution is -0.134. The molecule has 3 aromatic carbocycles. The van der Waals surface area contributed by atoms with E-state index in [9.17, 15) is 19.2 Å². The van der Waals surface area contributed by atoms with Gasteiger partial charge in [-0.05, 0) is 74.1 Å². The molecule has 0 bridgehead atoms. The van der Waals surface area contributed by atoms with E-state index in [1.165, 1.54) is 18.7 Å². The molecule has 4 heterocycles. The molecule has 14 nitrogen and oxygen atoms in total. The first-order chi connectivity index (χ1) is 27.1. The van der Waals surface area contributed by atoms with E-state index >= 15 is 0 Å². The zero-order chi connectivity index (χ0) is 39.2. The molecular formula is C41H46ClN9O5. The number of piperidine rings is 2. The van der Waals surface area contributed by atoms with Crippen molar-refractivity contribution in [1.82, 2.24) is 25.1 Å². The van der Waals surface area contributed by atoms with Gasteiger partial charge in [-0.15, -0.1) is 0 Å². The number of carbonyl (C=O) groups excluding carboxylic acids is 4. The number of halogens is 1.